The van der Waals surface area contributed by atoms with E-state index in [1.807, 2.05) is 30.5 Å². The molecule has 7 heteroatoms. The predicted molar refractivity (Wildman–Crippen MR) is 76.9 cm³/mol. The Morgan fingerprint density at radius 2 is 2.15 bits per heavy atom. The third kappa shape index (κ3) is 2.28. The van der Waals surface area contributed by atoms with Crippen LogP contribution >= 0.6 is 0 Å². The summed E-state index contributed by atoms with van der Waals surface area (Å²) < 4.78 is 0. The average molecular weight is 268 g/mol. The number of benzene rings is 1. The molecule has 0 bridgehead atoms. The number of aryl methyl sites for hydroxylation is 1. The van der Waals surface area contributed by atoms with Gasteiger partial charge in [-0.05, 0) is 13.0 Å². The first-order chi connectivity index (χ1) is 9.74. The molecule has 3 aromatic rings. The van der Waals surface area contributed by atoms with Gasteiger partial charge < -0.3 is 4.98 Å². The van der Waals surface area contributed by atoms with Gasteiger partial charge in [-0.15, -0.1) is 10.2 Å². The van der Waals surface area contributed by atoms with Gasteiger partial charge in [-0.2, -0.15) is 5.10 Å². The number of rotatable bonds is 3. The average Bonchev–Trinajstić information content (AvgIpc) is 2.86. The quantitative estimate of drug-likeness (QED) is 0.494. The van der Waals surface area contributed by atoms with Crippen LogP contribution in [0.3, 0.4) is 0 Å². The fourth-order valence-corrected chi connectivity index (χ4v) is 1.81. The Morgan fingerprint density at radius 1 is 1.30 bits per heavy atom. The normalized spacial score (nSPS) is 11.2. The number of nitrogens with one attached hydrogen (secondary N) is 3. The minimum absolute atomic E-state index is 0.205. The van der Waals surface area contributed by atoms with Crippen molar-refractivity contribution in [3.05, 3.63) is 52.1 Å². The predicted octanol–water partition coefficient (Wildman–Crippen LogP) is 1.40. The lowest BCUT2D eigenvalue weighted by molar-refractivity contribution is 0.897. The standard InChI is InChI=1S/C13H12N6O/c1-8-12(20)16-13(19-17-8)18-15-7-9-6-14-11-5-3-2-4-10(9)11/h2-7,14H,1H3,(H2,16,18,19,20)/b15-7+. The van der Waals surface area contributed by atoms with E-state index in [-0.39, 0.29) is 11.5 Å². The molecular formula is C13H12N6O. The first-order valence-electron chi connectivity index (χ1n) is 6.03. The zero-order valence-electron chi connectivity index (χ0n) is 10.7. The minimum atomic E-state index is -0.287. The molecular weight excluding hydrogens is 256 g/mol. The van der Waals surface area contributed by atoms with Crippen molar-refractivity contribution >= 4 is 23.1 Å². The fourth-order valence-electron chi connectivity index (χ4n) is 1.81. The van der Waals surface area contributed by atoms with Crippen molar-refractivity contribution in [2.45, 2.75) is 6.92 Å². The lowest BCUT2D eigenvalue weighted by Gasteiger charge is -1.97. The number of hydrogen-bond acceptors (Lipinski definition) is 5. The van der Waals surface area contributed by atoms with E-state index in [0.29, 0.717) is 5.69 Å². The highest BCUT2D eigenvalue weighted by molar-refractivity contribution is 5.99. The first kappa shape index (κ1) is 12.1. The number of anilines is 1. The van der Waals surface area contributed by atoms with Gasteiger partial charge >= 0.3 is 0 Å². The van der Waals surface area contributed by atoms with Crippen LogP contribution < -0.4 is 11.0 Å². The number of aromatic amines is 2. The maximum Gasteiger partial charge on any atom is 0.274 e. The molecule has 3 rings (SSSR count). The molecule has 3 N–H and O–H groups in total. The summed E-state index contributed by atoms with van der Waals surface area (Å²) >= 11 is 0. The molecule has 0 aliphatic heterocycles. The molecule has 0 saturated carbocycles. The molecule has 0 fully saturated rings. The highest BCUT2D eigenvalue weighted by Gasteiger charge is 2.00. The number of para-hydroxylation sites is 1. The van der Waals surface area contributed by atoms with Crippen LogP contribution in [0.2, 0.25) is 0 Å². The molecule has 0 unspecified atom stereocenters. The van der Waals surface area contributed by atoms with Gasteiger partial charge in [-0.1, -0.05) is 18.2 Å². The van der Waals surface area contributed by atoms with Crippen molar-refractivity contribution in [2.75, 3.05) is 5.43 Å². The first-order valence-corrected chi connectivity index (χ1v) is 6.03. The van der Waals surface area contributed by atoms with Gasteiger partial charge in [-0.3, -0.25) is 9.78 Å². The Balaban J connectivity index is 1.80. The summed E-state index contributed by atoms with van der Waals surface area (Å²) in [4.78, 5) is 17.0. The van der Waals surface area contributed by atoms with E-state index in [1.165, 1.54) is 0 Å². The molecule has 1 aromatic carbocycles. The largest absolute Gasteiger partial charge is 0.361 e. The highest BCUT2D eigenvalue weighted by Crippen LogP contribution is 2.15. The molecule has 20 heavy (non-hydrogen) atoms. The van der Waals surface area contributed by atoms with Gasteiger partial charge in [-0.25, -0.2) is 5.43 Å². The molecule has 2 heterocycles. The summed E-state index contributed by atoms with van der Waals surface area (Å²) in [6.07, 6.45) is 3.51. The molecule has 0 radical (unpaired) electrons. The van der Waals surface area contributed by atoms with Gasteiger partial charge in [0, 0.05) is 22.7 Å². The highest BCUT2D eigenvalue weighted by atomic mass is 16.1. The molecule has 0 saturated heterocycles. The van der Waals surface area contributed by atoms with Crippen LogP contribution in [0.15, 0.2) is 40.4 Å². The van der Waals surface area contributed by atoms with Gasteiger partial charge in [0.15, 0.2) is 0 Å². The third-order valence-corrected chi connectivity index (χ3v) is 2.86. The Kier molecular flexibility index (Phi) is 3.00. The van der Waals surface area contributed by atoms with Crippen LogP contribution in [0.1, 0.15) is 11.3 Å². The van der Waals surface area contributed by atoms with E-state index in [1.54, 1.807) is 13.1 Å². The summed E-state index contributed by atoms with van der Waals surface area (Å²) in [7, 11) is 0. The van der Waals surface area contributed by atoms with E-state index in [0.717, 1.165) is 16.5 Å². The number of H-pyrrole nitrogens is 2. The van der Waals surface area contributed by atoms with Crippen molar-refractivity contribution in [3.8, 4) is 0 Å². The Bertz CT molecular complexity index is 832. The smallest absolute Gasteiger partial charge is 0.274 e. The fraction of sp³-hybridized carbons (Fsp3) is 0.0769. The summed E-state index contributed by atoms with van der Waals surface area (Å²) in [6.45, 7) is 1.59. The van der Waals surface area contributed by atoms with Crippen molar-refractivity contribution < 1.29 is 0 Å². The number of hydrazone groups is 1. The minimum Gasteiger partial charge on any atom is -0.361 e. The summed E-state index contributed by atoms with van der Waals surface area (Å²) in [5, 5.41) is 12.6. The zero-order valence-corrected chi connectivity index (χ0v) is 10.7. The molecule has 0 atom stereocenters. The number of aromatic nitrogens is 4. The molecule has 0 aliphatic carbocycles. The second-order valence-electron chi connectivity index (χ2n) is 4.25. The summed E-state index contributed by atoms with van der Waals surface area (Å²) in [5.41, 5.74) is 4.65. The van der Waals surface area contributed by atoms with Crippen LogP contribution in [0.4, 0.5) is 5.95 Å². The summed E-state index contributed by atoms with van der Waals surface area (Å²) in [6, 6.07) is 7.91. The molecule has 2 aromatic heterocycles. The number of hydrogen-bond donors (Lipinski definition) is 3. The van der Waals surface area contributed by atoms with E-state index in [2.05, 4.69) is 30.7 Å². The van der Waals surface area contributed by atoms with E-state index in [9.17, 15) is 4.79 Å². The van der Waals surface area contributed by atoms with Crippen LogP contribution in [0.25, 0.3) is 10.9 Å². The maximum absolute atomic E-state index is 11.4. The Labute approximate surface area is 113 Å². The van der Waals surface area contributed by atoms with Crippen LogP contribution in [0.5, 0.6) is 0 Å². The second-order valence-corrected chi connectivity index (χ2v) is 4.25. The van der Waals surface area contributed by atoms with Gasteiger partial charge in [0.25, 0.3) is 5.56 Å². The Morgan fingerprint density at radius 3 is 3.00 bits per heavy atom. The van der Waals surface area contributed by atoms with E-state index >= 15 is 0 Å². The zero-order chi connectivity index (χ0) is 13.9. The Hall–Kier alpha value is -2.96. The topological polar surface area (TPSA) is 98.8 Å². The van der Waals surface area contributed by atoms with E-state index in [4.69, 9.17) is 0 Å². The van der Waals surface area contributed by atoms with E-state index < -0.39 is 0 Å². The van der Waals surface area contributed by atoms with Crippen molar-refractivity contribution in [1.29, 1.82) is 0 Å². The third-order valence-electron chi connectivity index (χ3n) is 2.86. The number of nitrogens with zero attached hydrogens (tertiary/aromatic N) is 3. The molecule has 0 spiro atoms. The van der Waals surface area contributed by atoms with Crippen molar-refractivity contribution in [1.82, 2.24) is 20.2 Å². The number of fused-ring (bicyclic) bond motifs is 1. The van der Waals surface area contributed by atoms with Gasteiger partial charge in [0.05, 0.1) is 6.21 Å². The van der Waals surface area contributed by atoms with Gasteiger partial charge in [0.1, 0.15) is 5.69 Å². The monoisotopic (exact) mass is 268 g/mol. The lowest BCUT2D eigenvalue weighted by atomic mass is 10.2. The maximum atomic E-state index is 11.4. The molecule has 0 amide bonds. The lowest BCUT2D eigenvalue weighted by Crippen LogP contribution is -2.15. The van der Waals surface area contributed by atoms with Crippen molar-refractivity contribution in [2.24, 2.45) is 5.10 Å². The SMILES string of the molecule is Cc1nnc(N/N=C/c2c[nH]c3ccccc23)[nH]c1=O. The molecule has 7 nitrogen and oxygen atoms in total. The van der Waals surface area contributed by atoms with Crippen LogP contribution in [-0.2, 0) is 0 Å². The van der Waals surface area contributed by atoms with Crippen molar-refractivity contribution in [3.63, 3.8) is 0 Å². The molecule has 100 valence electrons. The second kappa shape index (κ2) is 4.96. The van der Waals surface area contributed by atoms with Crippen LogP contribution in [0, 0.1) is 6.92 Å². The van der Waals surface area contributed by atoms with Crippen LogP contribution in [-0.4, -0.2) is 26.4 Å². The van der Waals surface area contributed by atoms with Gasteiger partial charge in [0.2, 0.25) is 5.95 Å². The summed E-state index contributed by atoms with van der Waals surface area (Å²) in [5.74, 6) is 0.205. The molecule has 0 aliphatic rings.